The van der Waals surface area contributed by atoms with E-state index in [0.717, 1.165) is 25.0 Å². The van der Waals surface area contributed by atoms with Crippen LogP contribution in [0.4, 0.5) is 0 Å². The van der Waals surface area contributed by atoms with Crippen molar-refractivity contribution in [3.63, 3.8) is 0 Å². The Morgan fingerprint density at radius 1 is 1.45 bits per heavy atom. The van der Waals surface area contributed by atoms with Gasteiger partial charge < -0.3 is 10.1 Å². The van der Waals surface area contributed by atoms with Gasteiger partial charge >= 0.3 is 0 Å². The number of amides is 1. The summed E-state index contributed by atoms with van der Waals surface area (Å²) in [5.74, 6) is 0.817. The number of hydrogen-bond donors (Lipinski definition) is 1. The van der Waals surface area contributed by atoms with Crippen LogP contribution in [0.25, 0.3) is 0 Å². The maximum Gasteiger partial charge on any atom is 0.235 e. The summed E-state index contributed by atoms with van der Waals surface area (Å²) in [6.45, 7) is 1.98. The van der Waals surface area contributed by atoms with Gasteiger partial charge in [0.15, 0.2) is 0 Å². The molecule has 1 atom stereocenters. The number of alkyl halides is 1. The molecular formula is C16H22ClNO2. The van der Waals surface area contributed by atoms with E-state index >= 15 is 0 Å². The molecule has 0 saturated heterocycles. The molecule has 2 rings (SSSR count). The Balaban J connectivity index is 1.89. The Kier molecular flexibility index (Phi) is 5.72. The van der Waals surface area contributed by atoms with E-state index in [-0.39, 0.29) is 17.8 Å². The largest absolute Gasteiger partial charge is 0.490 e. The zero-order valence-corrected chi connectivity index (χ0v) is 12.7. The fraction of sp³-hybridized carbons (Fsp3) is 0.562. The van der Waals surface area contributed by atoms with Gasteiger partial charge in [-0.15, -0.1) is 11.6 Å². The van der Waals surface area contributed by atoms with Gasteiger partial charge in [-0.3, -0.25) is 4.79 Å². The van der Waals surface area contributed by atoms with Crippen LogP contribution in [0.2, 0.25) is 0 Å². The van der Waals surface area contributed by atoms with Gasteiger partial charge in [0.1, 0.15) is 11.6 Å². The van der Waals surface area contributed by atoms with Crippen molar-refractivity contribution in [2.45, 2.75) is 51.2 Å². The molecule has 0 bridgehead atoms. The van der Waals surface area contributed by atoms with Crippen molar-refractivity contribution in [3.8, 4) is 5.75 Å². The second kappa shape index (κ2) is 7.53. The smallest absolute Gasteiger partial charge is 0.235 e. The van der Waals surface area contributed by atoms with E-state index in [4.69, 9.17) is 16.3 Å². The molecule has 1 N–H and O–H groups in total. The minimum Gasteiger partial charge on any atom is -0.490 e. The van der Waals surface area contributed by atoms with Crippen molar-refractivity contribution in [3.05, 3.63) is 29.8 Å². The van der Waals surface area contributed by atoms with E-state index in [2.05, 4.69) is 17.4 Å². The third kappa shape index (κ3) is 4.71. The van der Waals surface area contributed by atoms with Crippen LogP contribution >= 0.6 is 11.6 Å². The first kappa shape index (κ1) is 15.2. The summed E-state index contributed by atoms with van der Waals surface area (Å²) in [6, 6.07) is 8.22. The molecule has 0 aliphatic heterocycles. The molecule has 0 radical (unpaired) electrons. The van der Waals surface area contributed by atoms with Gasteiger partial charge in [-0.25, -0.2) is 0 Å². The van der Waals surface area contributed by atoms with Crippen LogP contribution < -0.4 is 10.1 Å². The lowest BCUT2D eigenvalue weighted by Gasteiger charge is -2.16. The molecule has 20 heavy (non-hydrogen) atoms. The zero-order valence-electron chi connectivity index (χ0n) is 11.9. The number of hydrogen-bond acceptors (Lipinski definition) is 2. The van der Waals surface area contributed by atoms with E-state index in [9.17, 15) is 4.79 Å². The molecule has 1 saturated carbocycles. The molecule has 3 nitrogen and oxygen atoms in total. The fourth-order valence-electron chi connectivity index (χ4n) is 2.66. The lowest BCUT2D eigenvalue weighted by atomic mass is 10.1. The average molecular weight is 296 g/mol. The van der Waals surface area contributed by atoms with Crippen LogP contribution in [0.15, 0.2) is 24.3 Å². The van der Waals surface area contributed by atoms with E-state index in [1.807, 2.05) is 19.1 Å². The highest BCUT2D eigenvalue weighted by Gasteiger charge is 2.16. The first-order valence-electron chi connectivity index (χ1n) is 7.28. The second-order valence-corrected chi connectivity index (χ2v) is 5.75. The molecule has 1 fully saturated rings. The Labute approximate surface area is 125 Å². The number of rotatable bonds is 6. The highest BCUT2D eigenvalue weighted by Crippen LogP contribution is 2.24. The predicted octanol–water partition coefficient (Wildman–Crippen LogP) is 3.29. The normalized spacial score (nSPS) is 16.9. The third-order valence-electron chi connectivity index (χ3n) is 3.57. The van der Waals surface area contributed by atoms with Crippen LogP contribution in [0.3, 0.4) is 0 Å². The second-order valence-electron chi connectivity index (χ2n) is 5.48. The van der Waals surface area contributed by atoms with Crippen molar-refractivity contribution in [2.24, 2.45) is 0 Å². The molecule has 0 aromatic heterocycles. The number of carbonyl (C=O) groups is 1. The summed E-state index contributed by atoms with van der Waals surface area (Å²) in [6.07, 6.45) is 6.01. The first-order chi connectivity index (χ1) is 9.67. The number of benzene rings is 1. The highest BCUT2D eigenvalue weighted by atomic mass is 35.5. The van der Waals surface area contributed by atoms with Crippen molar-refractivity contribution in [1.82, 2.24) is 5.32 Å². The summed E-state index contributed by atoms with van der Waals surface area (Å²) >= 11 is 5.49. The van der Waals surface area contributed by atoms with Gasteiger partial charge in [-0.1, -0.05) is 12.1 Å². The van der Waals surface area contributed by atoms with E-state index in [0.29, 0.717) is 6.10 Å². The minimum atomic E-state index is -0.127. The van der Waals surface area contributed by atoms with Crippen LogP contribution in [0.1, 0.15) is 38.2 Å². The standard InChI is InChI=1S/C16H22ClNO2/c1-12(18-16(19)11-17)9-13-5-4-8-15(10-13)20-14-6-2-3-7-14/h4-5,8,10,12,14H,2-3,6-7,9,11H2,1H3,(H,18,19). The summed E-state index contributed by atoms with van der Waals surface area (Å²) in [5, 5.41) is 2.86. The fourth-order valence-corrected chi connectivity index (χ4v) is 2.74. The van der Waals surface area contributed by atoms with Gasteiger partial charge in [0.05, 0.1) is 6.10 Å². The molecule has 1 aliphatic rings. The molecule has 1 aliphatic carbocycles. The van der Waals surface area contributed by atoms with Crippen LogP contribution in [0.5, 0.6) is 5.75 Å². The third-order valence-corrected chi connectivity index (χ3v) is 3.82. The molecule has 4 heteroatoms. The molecular weight excluding hydrogens is 274 g/mol. The lowest BCUT2D eigenvalue weighted by Crippen LogP contribution is -2.34. The molecule has 1 aromatic carbocycles. The van der Waals surface area contributed by atoms with E-state index < -0.39 is 0 Å². The Morgan fingerprint density at radius 3 is 2.90 bits per heavy atom. The number of nitrogens with one attached hydrogen (secondary N) is 1. The molecule has 0 heterocycles. The zero-order chi connectivity index (χ0) is 14.4. The first-order valence-corrected chi connectivity index (χ1v) is 7.81. The summed E-state index contributed by atoms with van der Waals surface area (Å²) in [5.41, 5.74) is 1.17. The van der Waals surface area contributed by atoms with Gasteiger partial charge in [0, 0.05) is 6.04 Å². The maximum absolute atomic E-state index is 11.2. The van der Waals surface area contributed by atoms with Gasteiger partial charge in [0.2, 0.25) is 5.91 Å². The van der Waals surface area contributed by atoms with Crippen molar-refractivity contribution < 1.29 is 9.53 Å². The molecule has 0 spiro atoms. The van der Waals surface area contributed by atoms with E-state index in [1.54, 1.807) is 0 Å². The lowest BCUT2D eigenvalue weighted by molar-refractivity contribution is -0.119. The SMILES string of the molecule is CC(Cc1cccc(OC2CCCC2)c1)NC(=O)CCl. The Hall–Kier alpha value is -1.22. The quantitative estimate of drug-likeness (QED) is 0.818. The van der Waals surface area contributed by atoms with Crippen molar-refractivity contribution in [1.29, 1.82) is 0 Å². The summed E-state index contributed by atoms with van der Waals surface area (Å²) in [7, 11) is 0. The van der Waals surface area contributed by atoms with E-state index in [1.165, 1.54) is 18.4 Å². The monoisotopic (exact) mass is 295 g/mol. The number of carbonyl (C=O) groups excluding carboxylic acids is 1. The van der Waals surface area contributed by atoms with Crippen LogP contribution in [-0.2, 0) is 11.2 Å². The summed E-state index contributed by atoms with van der Waals surface area (Å²) < 4.78 is 5.99. The van der Waals surface area contributed by atoms with Crippen molar-refractivity contribution >= 4 is 17.5 Å². The predicted molar refractivity (Wildman–Crippen MR) is 81.4 cm³/mol. The topological polar surface area (TPSA) is 38.3 Å². The van der Waals surface area contributed by atoms with Gasteiger partial charge in [-0.2, -0.15) is 0 Å². The highest BCUT2D eigenvalue weighted by molar-refractivity contribution is 6.27. The molecule has 110 valence electrons. The number of ether oxygens (including phenoxy) is 1. The average Bonchev–Trinajstić information content (AvgIpc) is 2.91. The molecule has 1 unspecified atom stereocenters. The van der Waals surface area contributed by atoms with Crippen LogP contribution in [-0.4, -0.2) is 23.9 Å². The number of halogens is 1. The molecule has 1 amide bonds. The Bertz CT molecular complexity index is 444. The van der Waals surface area contributed by atoms with Gasteiger partial charge in [0.25, 0.3) is 0 Å². The maximum atomic E-state index is 11.2. The Morgan fingerprint density at radius 2 is 2.20 bits per heavy atom. The van der Waals surface area contributed by atoms with Crippen molar-refractivity contribution in [2.75, 3.05) is 5.88 Å². The minimum absolute atomic E-state index is 0.00910. The van der Waals surface area contributed by atoms with Gasteiger partial charge in [-0.05, 0) is 56.7 Å². The van der Waals surface area contributed by atoms with Crippen LogP contribution in [0, 0.1) is 0 Å². The molecule has 1 aromatic rings. The summed E-state index contributed by atoms with van der Waals surface area (Å²) in [4.78, 5) is 11.2.